The number of amides is 1. The molecule has 1 amide bonds. The summed E-state index contributed by atoms with van der Waals surface area (Å²) in [5.41, 5.74) is 8.81. The number of benzene rings is 2. The molecule has 1 heterocycles. The molecule has 0 aliphatic carbocycles. The van der Waals surface area contributed by atoms with E-state index >= 15 is 0 Å². The number of aryl methyl sites for hydroxylation is 1. The van der Waals surface area contributed by atoms with Crippen molar-refractivity contribution in [1.29, 1.82) is 0 Å². The van der Waals surface area contributed by atoms with Crippen molar-refractivity contribution in [2.45, 2.75) is 13.0 Å². The summed E-state index contributed by atoms with van der Waals surface area (Å²) in [7, 11) is 0. The Labute approximate surface area is 126 Å². The molecule has 1 aromatic heterocycles. The summed E-state index contributed by atoms with van der Waals surface area (Å²) >= 11 is 1.45. The van der Waals surface area contributed by atoms with Crippen LogP contribution in [0.25, 0.3) is 10.2 Å². The molecule has 0 saturated heterocycles. The van der Waals surface area contributed by atoms with Crippen LogP contribution in [-0.2, 0) is 4.79 Å². The standard InChI is InChI=1S/C16H15N3OS/c1-10-7-8-12-13(9-10)21-16(18-12)19-15(20)14(17)11-5-3-2-4-6-11/h2-9,14H,17H2,1H3,(H,18,19,20)/t14-/m0/s1. The van der Waals surface area contributed by atoms with Gasteiger partial charge in [0.05, 0.1) is 10.2 Å². The highest BCUT2D eigenvalue weighted by Crippen LogP contribution is 2.27. The van der Waals surface area contributed by atoms with Gasteiger partial charge < -0.3 is 11.1 Å². The second kappa shape index (κ2) is 5.63. The van der Waals surface area contributed by atoms with Gasteiger partial charge in [-0.3, -0.25) is 4.79 Å². The van der Waals surface area contributed by atoms with Crippen LogP contribution in [0.4, 0.5) is 5.13 Å². The highest BCUT2D eigenvalue weighted by Gasteiger charge is 2.17. The lowest BCUT2D eigenvalue weighted by atomic mass is 10.1. The van der Waals surface area contributed by atoms with Gasteiger partial charge in [-0.25, -0.2) is 4.98 Å². The SMILES string of the molecule is Cc1ccc2nc(NC(=O)[C@@H](N)c3ccccc3)sc2c1. The number of fused-ring (bicyclic) bond motifs is 1. The topological polar surface area (TPSA) is 68.0 Å². The quantitative estimate of drug-likeness (QED) is 0.780. The predicted octanol–water partition coefficient (Wildman–Crippen LogP) is 3.24. The molecular formula is C16H15N3OS. The van der Waals surface area contributed by atoms with Crippen molar-refractivity contribution < 1.29 is 4.79 Å². The second-order valence-electron chi connectivity index (χ2n) is 4.87. The number of nitrogens with two attached hydrogens (primary N) is 1. The molecule has 0 aliphatic rings. The lowest BCUT2D eigenvalue weighted by Crippen LogP contribution is -2.27. The van der Waals surface area contributed by atoms with E-state index in [1.165, 1.54) is 16.9 Å². The van der Waals surface area contributed by atoms with Crippen molar-refractivity contribution in [3.63, 3.8) is 0 Å². The van der Waals surface area contributed by atoms with Crippen molar-refractivity contribution >= 4 is 32.6 Å². The molecule has 1 atom stereocenters. The van der Waals surface area contributed by atoms with E-state index in [1.54, 1.807) is 0 Å². The minimum Gasteiger partial charge on any atom is -0.316 e. The number of thiazole rings is 1. The van der Waals surface area contributed by atoms with Crippen molar-refractivity contribution in [3.8, 4) is 0 Å². The Morgan fingerprint density at radius 1 is 1.24 bits per heavy atom. The zero-order chi connectivity index (χ0) is 14.8. The fourth-order valence-corrected chi connectivity index (χ4v) is 3.05. The van der Waals surface area contributed by atoms with Gasteiger partial charge >= 0.3 is 0 Å². The number of rotatable bonds is 3. The maximum absolute atomic E-state index is 12.2. The molecule has 3 N–H and O–H groups in total. The summed E-state index contributed by atoms with van der Waals surface area (Å²) < 4.78 is 1.05. The van der Waals surface area contributed by atoms with Gasteiger partial charge in [-0.1, -0.05) is 47.7 Å². The lowest BCUT2D eigenvalue weighted by Gasteiger charge is -2.10. The van der Waals surface area contributed by atoms with E-state index in [-0.39, 0.29) is 5.91 Å². The number of aromatic nitrogens is 1. The molecule has 0 aliphatic heterocycles. The summed E-state index contributed by atoms with van der Waals surface area (Å²) in [6.07, 6.45) is 0. The highest BCUT2D eigenvalue weighted by molar-refractivity contribution is 7.22. The van der Waals surface area contributed by atoms with Gasteiger partial charge in [0.25, 0.3) is 0 Å². The van der Waals surface area contributed by atoms with E-state index in [9.17, 15) is 4.79 Å². The Bertz CT molecular complexity index is 783. The molecule has 0 unspecified atom stereocenters. The largest absolute Gasteiger partial charge is 0.316 e. The Morgan fingerprint density at radius 3 is 2.76 bits per heavy atom. The Hall–Kier alpha value is -2.24. The normalized spacial score (nSPS) is 12.3. The molecule has 0 bridgehead atoms. The molecule has 0 spiro atoms. The maximum Gasteiger partial charge on any atom is 0.247 e. The summed E-state index contributed by atoms with van der Waals surface area (Å²) in [6, 6.07) is 14.6. The fourth-order valence-electron chi connectivity index (χ4n) is 2.08. The minimum absolute atomic E-state index is 0.253. The van der Waals surface area contributed by atoms with Crippen molar-refractivity contribution in [2.75, 3.05) is 5.32 Å². The van der Waals surface area contributed by atoms with E-state index in [0.717, 1.165) is 15.8 Å². The average molecular weight is 297 g/mol. The number of carbonyl (C=O) groups is 1. The zero-order valence-corrected chi connectivity index (χ0v) is 12.4. The number of anilines is 1. The molecule has 4 nitrogen and oxygen atoms in total. The third-order valence-corrected chi connectivity index (χ3v) is 4.15. The predicted molar refractivity (Wildman–Crippen MR) is 86.4 cm³/mol. The molecule has 21 heavy (non-hydrogen) atoms. The van der Waals surface area contributed by atoms with Crippen LogP contribution < -0.4 is 11.1 Å². The summed E-state index contributed by atoms with van der Waals surface area (Å²) in [5.74, 6) is -0.253. The van der Waals surface area contributed by atoms with E-state index in [1.807, 2.05) is 49.4 Å². The molecule has 2 aromatic carbocycles. The van der Waals surface area contributed by atoms with Crippen molar-refractivity contribution in [3.05, 3.63) is 59.7 Å². The first-order chi connectivity index (χ1) is 10.1. The van der Waals surface area contributed by atoms with Crippen LogP contribution in [-0.4, -0.2) is 10.9 Å². The Morgan fingerprint density at radius 2 is 2.00 bits per heavy atom. The zero-order valence-electron chi connectivity index (χ0n) is 11.5. The van der Waals surface area contributed by atoms with Crippen LogP contribution in [0, 0.1) is 6.92 Å². The van der Waals surface area contributed by atoms with Gasteiger partial charge in [0.1, 0.15) is 6.04 Å². The maximum atomic E-state index is 12.2. The average Bonchev–Trinajstić information content (AvgIpc) is 2.88. The molecule has 0 saturated carbocycles. The summed E-state index contributed by atoms with van der Waals surface area (Å²) in [4.78, 5) is 16.6. The number of carbonyl (C=O) groups excluding carboxylic acids is 1. The number of nitrogens with one attached hydrogen (secondary N) is 1. The lowest BCUT2D eigenvalue weighted by molar-refractivity contribution is -0.117. The molecule has 3 rings (SSSR count). The van der Waals surface area contributed by atoms with Crippen molar-refractivity contribution in [2.24, 2.45) is 5.73 Å². The van der Waals surface area contributed by atoms with Gasteiger partial charge in [-0.05, 0) is 30.2 Å². The molecule has 3 aromatic rings. The third kappa shape index (κ3) is 2.94. The highest BCUT2D eigenvalue weighted by atomic mass is 32.1. The first kappa shape index (κ1) is 13.7. The van der Waals surface area contributed by atoms with Gasteiger partial charge in [0.15, 0.2) is 5.13 Å². The molecule has 106 valence electrons. The van der Waals surface area contributed by atoms with Crippen molar-refractivity contribution in [1.82, 2.24) is 4.98 Å². The second-order valence-corrected chi connectivity index (χ2v) is 5.90. The summed E-state index contributed by atoms with van der Waals surface area (Å²) in [6.45, 7) is 2.03. The number of nitrogens with zero attached hydrogens (tertiary/aromatic N) is 1. The Balaban J connectivity index is 1.80. The number of hydrogen-bond donors (Lipinski definition) is 2. The first-order valence-electron chi connectivity index (χ1n) is 6.62. The van der Waals surface area contributed by atoms with E-state index < -0.39 is 6.04 Å². The van der Waals surface area contributed by atoms with Gasteiger partial charge in [0.2, 0.25) is 5.91 Å². The smallest absolute Gasteiger partial charge is 0.247 e. The van der Waals surface area contributed by atoms with Crippen LogP contribution in [0.5, 0.6) is 0 Å². The minimum atomic E-state index is -0.694. The van der Waals surface area contributed by atoms with Gasteiger partial charge in [0, 0.05) is 0 Å². The van der Waals surface area contributed by atoms with Gasteiger partial charge in [-0.15, -0.1) is 0 Å². The monoisotopic (exact) mass is 297 g/mol. The van der Waals surface area contributed by atoms with E-state index in [4.69, 9.17) is 5.73 Å². The fraction of sp³-hybridized carbons (Fsp3) is 0.125. The van der Waals surface area contributed by atoms with Crippen LogP contribution in [0.2, 0.25) is 0 Å². The van der Waals surface area contributed by atoms with Crippen LogP contribution in [0.1, 0.15) is 17.2 Å². The summed E-state index contributed by atoms with van der Waals surface area (Å²) in [5, 5.41) is 3.37. The third-order valence-electron chi connectivity index (χ3n) is 3.22. The molecule has 0 fully saturated rings. The van der Waals surface area contributed by atoms with E-state index in [2.05, 4.69) is 16.4 Å². The van der Waals surface area contributed by atoms with Crippen LogP contribution in [0.3, 0.4) is 0 Å². The number of hydrogen-bond acceptors (Lipinski definition) is 4. The van der Waals surface area contributed by atoms with Gasteiger partial charge in [-0.2, -0.15) is 0 Å². The molecular weight excluding hydrogens is 282 g/mol. The van der Waals surface area contributed by atoms with E-state index in [0.29, 0.717) is 5.13 Å². The first-order valence-corrected chi connectivity index (χ1v) is 7.44. The van der Waals surface area contributed by atoms with Crippen LogP contribution >= 0.6 is 11.3 Å². The Kier molecular flexibility index (Phi) is 3.68. The molecule has 0 radical (unpaired) electrons. The van der Waals surface area contributed by atoms with Crippen LogP contribution in [0.15, 0.2) is 48.5 Å². The molecule has 5 heteroatoms.